The highest BCUT2D eigenvalue weighted by molar-refractivity contribution is 5.94. The first-order chi connectivity index (χ1) is 18.7. The lowest BCUT2D eigenvalue weighted by Crippen LogP contribution is -2.59. The molecule has 8 heteroatoms. The van der Waals surface area contributed by atoms with E-state index < -0.39 is 17.7 Å². The molecule has 1 aliphatic heterocycles. The molecule has 3 amide bonds. The van der Waals surface area contributed by atoms with Crippen LogP contribution in [0.25, 0.3) is 0 Å². The number of carbonyl (C=O) groups is 2. The number of hydrogen-bond donors (Lipinski definition) is 4. The molecule has 1 aliphatic rings. The van der Waals surface area contributed by atoms with Crippen LogP contribution in [-0.4, -0.2) is 66.8 Å². The van der Waals surface area contributed by atoms with E-state index in [4.69, 9.17) is 0 Å². The highest BCUT2D eigenvalue weighted by Gasteiger charge is 2.45. The van der Waals surface area contributed by atoms with Gasteiger partial charge in [-0.15, -0.1) is 0 Å². The molecule has 3 aromatic rings. The van der Waals surface area contributed by atoms with Gasteiger partial charge in [0.05, 0.1) is 18.7 Å². The van der Waals surface area contributed by atoms with Crippen LogP contribution in [0.4, 0.5) is 10.5 Å². The molecule has 0 spiro atoms. The Bertz CT molecular complexity index is 1240. The number of nitrogens with zero attached hydrogens (tertiary/aromatic N) is 2. The quantitative estimate of drug-likeness (QED) is 0.289. The summed E-state index contributed by atoms with van der Waals surface area (Å²) in [5, 5.41) is 20.4. The maximum absolute atomic E-state index is 13.5. The van der Waals surface area contributed by atoms with Crippen molar-refractivity contribution < 1.29 is 14.7 Å². The van der Waals surface area contributed by atoms with Gasteiger partial charge in [0.25, 0.3) is 0 Å². The van der Waals surface area contributed by atoms with E-state index in [1.807, 2.05) is 97.9 Å². The Morgan fingerprint density at radius 1 is 1.00 bits per heavy atom. The molecule has 206 valence electrons. The van der Waals surface area contributed by atoms with Gasteiger partial charge in [0, 0.05) is 39.4 Å². The summed E-state index contributed by atoms with van der Waals surface area (Å²) in [5.41, 5.74) is 3.11. The van der Waals surface area contributed by atoms with E-state index in [0.717, 1.165) is 22.4 Å². The lowest BCUT2D eigenvalue weighted by atomic mass is 9.97. The van der Waals surface area contributed by atoms with Gasteiger partial charge in [-0.25, -0.2) is 4.79 Å². The van der Waals surface area contributed by atoms with Crippen molar-refractivity contribution in [2.75, 3.05) is 32.1 Å². The molecule has 4 N–H and O–H groups in total. The maximum atomic E-state index is 13.5. The lowest BCUT2D eigenvalue weighted by molar-refractivity contribution is -0.127. The zero-order chi connectivity index (χ0) is 27.8. The number of aliphatic hydroxyl groups excluding tert-OH is 1. The minimum absolute atomic E-state index is 0.237. The first-order valence-corrected chi connectivity index (χ1v) is 13.3. The third-order valence-electron chi connectivity index (χ3n) is 7.08. The number of anilines is 1. The fraction of sp³-hybridized carbons (Fsp3) is 0.355. The van der Waals surface area contributed by atoms with E-state index in [2.05, 4.69) is 22.0 Å². The van der Waals surface area contributed by atoms with Gasteiger partial charge in [0.15, 0.2) is 0 Å². The summed E-state index contributed by atoms with van der Waals surface area (Å²) in [5.74, 6) is -0.315. The molecular weight excluding hydrogens is 490 g/mol. The summed E-state index contributed by atoms with van der Waals surface area (Å²) in [6.07, 6.45) is -0.379. The van der Waals surface area contributed by atoms with Crippen molar-refractivity contribution in [2.45, 2.75) is 44.1 Å². The van der Waals surface area contributed by atoms with Crippen molar-refractivity contribution in [3.8, 4) is 0 Å². The van der Waals surface area contributed by atoms with E-state index in [0.29, 0.717) is 26.1 Å². The minimum atomic E-state index is -1.11. The number of nitrogens with one attached hydrogen (secondary N) is 3. The SMILES string of the molecule is CN(C)c1cccc(CNC[C@@H](O)[C@H](Cc2ccccc2)NC(=O)[C@]2(C)CN(Cc3ccccc3)C(=O)N2)c1. The number of rotatable bonds is 12. The Morgan fingerprint density at radius 2 is 1.64 bits per heavy atom. The summed E-state index contributed by atoms with van der Waals surface area (Å²) < 4.78 is 0. The Balaban J connectivity index is 1.40. The van der Waals surface area contributed by atoms with Crippen LogP contribution in [0.15, 0.2) is 84.9 Å². The third kappa shape index (κ3) is 7.59. The summed E-state index contributed by atoms with van der Waals surface area (Å²) in [7, 11) is 4.00. The van der Waals surface area contributed by atoms with Crippen molar-refractivity contribution in [3.05, 3.63) is 102 Å². The van der Waals surface area contributed by atoms with Crippen LogP contribution in [0, 0.1) is 0 Å². The van der Waals surface area contributed by atoms with E-state index in [1.165, 1.54) is 0 Å². The molecule has 0 unspecified atom stereocenters. The van der Waals surface area contributed by atoms with Crippen molar-refractivity contribution in [2.24, 2.45) is 0 Å². The van der Waals surface area contributed by atoms with Gasteiger partial charge in [-0.3, -0.25) is 4.79 Å². The molecule has 1 saturated heterocycles. The van der Waals surface area contributed by atoms with Gasteiger partial charge >= 0.3 is 6.03 Å². The topological polar surface area (TPSA) is 96.9 Å². The van der Waals surface area contributed by atoms with Gasteiger partial charge in [-0.2, -0.15) is 0 Å². The second-order valence-corrected chi connectivity index (χ2v) is 10.6. The molecule has 0 aliphatic carbocycles. The fourth-order valence-electron chi connectivity index (χ4n) is 4.80. The third-order valence-corrected chi connectivity index (χ3v) is 7.08. The van der Waals surface area contributed by atoms with Crippen molar-refractivity contribution in [1.29, 1.82) is 0 Å². The van der Waals surface area contributed by atoms with E-state index >= 15 is 0 Å². The van der Waals surface area contributed by atoms with Crippen molar-refractivity contribution in [3.63, 3.8) is 0 Å². The Hall–Kier alpha value is -3.88. The molecule has 0 bridgehead atoms. The second-order valence-electron chi connectivity index (χ2n) is 10.6. The maximum Gasteiger partial charge on any atom is 0.318 e. The number of benzene rings is 3. The van der Waals surface area contributed by atoms with Crippen LogP contribution >= 0.6 is 0 Å². The minimum Gasteiger partial charge on any atom is -0.390 e. The van der Waals surface area contributed by atoms with Crippen LogP contribution in [0.2, 0.25) is 0 Å². The van der Waals surface area contributed by atoms with Crippen LogP contribution in [-0.2, 0) is 24.3 Å². The molecule has 1 fully saturated rings. The molecule has 4 rings (SSSR count). The number of amides is 3. The van der Waals surface area contributed by atoms with E-state index in [1.54, 1.807) is 11.8 Å². The fourth-order valence-corrected chi connectivity index (χ4v) is 4.80. The summed E-state index contributed by atoms with van der Waals surface area (Å²) in [6.45, 7) is 3.28. The van der Waals surface area contributed by atoms with Crippen LogP contribution in [0.1, 0.15) is 23.6 Å². The standard InChI is InChI=1S/C31H39N5O3/c1-31(22-36(30(39)34-31)21-24-13-8-5-9-14-24)29(38)33-27(18-23-11-6-4-7-12-23)28(37)20-32-19-25-15-10-16-26(17-25)35(2)3/h4-17,27-28,32,37H,18-22H2,1-3H3,(H,33,38)(H,34,39)/t27-,28+,31-/m0/s1. The second kappa shape index (κ2) is 12.8. The van der Waals surface area contributed by atoms with Crippen LogP contribution in [0.5, 0.6) is 0 Å². The Morgan fingerprint density at radius 3 is 2.31 bits per heavy atom. The first kappa shape index (κ1) is 28.1. The van der Waals surface area contributed by atoms with Crippen molar-refractivity contribution in [1.82, 2.24) is 20.9 Å². The zero-order valence-corrected chi connectivity index (χ0v) is 22.9. The molecule has 3 atom stereocenters. The molecule has 3 aromatic carbocycles. The van der Waals surface area contributed by atoms with Gasteiger partial charge in [0.2, 0.25) is 5.91 Å². The average molecular weight is 530 g/mol. The molecule has 0 radical (unpaired) electrons. The lowest BCUT2D eigenvalue weighted by Gasteiger charge is -2.30. The summed E-state index contributed by atoms with van der Waals surface area (Å²) in [4.78, 5) is 29.9. The number of aliphatic hydroxyl groups is 1. The van der Waals surface area contributed by atoms with Gasteiger partial charge < -0.3 is 30.9 Å². The largest absolute Gasteiger partial charge is 0.390 e. The normalized spacial score (nSPS) is 18.4. The van der Waals surface area contributed by atoms with Crippen LogP contribution in [0.3, 0.4) is 0 Å². The van der Waals surface area contributed by atoms with Crippen LogP contribution < -0.4 is 20.9 Å². The van der Waals surface area contributed by atoms with Crippen molar-refractivity contribution >= 4 is 17.6 Å². The molecule has 0 aromatic heterocycles. The zero-order valence-electron chi connectivity index (χ0n) is 22.9. The molecule has 0 saturated carbocycles. The molecule has 8 nitrogen and oxygen atoms in total. The Kier molecular flexibility index (Phi) is 9.22. The molecule has 1 heterocycles. The van der Waals surface area contributed by atoms with E-state index in [-0.39, 0.29) is 18.5 Å². The number of carbonyl (C=O) groups excluding carboxylic acids is 2. The predicted octanol–water partition coefficient (Wildman–Crippen LogP) is 2.91. The average Bonchev–Trinajstić information content (AvgIpc) is 3.23. The van der Waals surface area contributed by atoms with Gasteiger partial charge in [-0.1, -0.05) is 72.8 Å². The predicted molar refractivity (Wildman–Crippen MR) is 154 cm³/mol. The number of hydrogen-bond acceptors (Lipinski definition) is 5. The monoisotopic (exact) mass is 529 g/mol. The van der Waals surface area contributed by atoms with Gasteiger partial charge in [-0.05, 0) is 42.2 Å². The smallest absolute Gasteiger partial charge is 0.318 e. The first-order valence-electron chi connectivity index (χ1n) is 13.3. The summed E-state index contributed by atoms with van der Waals surface area (Å²) in [6, 6.07) is 26.9. The number of urea groups is 1. The highest BCUT2D eigenvalue weighted by Crippen LogP contribution is 2.20. The molecular formula is C31H39N5O3. The van der Waals surface area contributed by atoms with E-state index in [9.17, 15) is 14.7 Å². The highest BCUT2D eigenvalue weighted by atomic mass is 16.3. The summed E-state index contributed by atoms with van der Waals surface area (Å²) >= 11 is 0. The molecule has 39 heavy (non-hydrogen) atoms. The Labute approximate surface area is 231 Å². The van der Waals surface area contributed by atoms with Gasteiger partial charge in [0.1, 0.15) is 5.54 Å².